The van der Waals surface area contributed by atoms with E-state index in [1.807, 2.05) is 6.07 Å². The predicted molar refractivity (Wildman–Crippen MR) is 97.5 cm³/mol. The normalized spacial score (nSPS) is 27.4. The van der Waals surface area contributed by atoms with Crippen LogP contribution in [-0.2, 0) is 4.74 Å². The first kappa shape index (κ1) is 13.8. The SMILES string of the molecule is O[C@@H]1[C@H]2O[C@H]2c2c(ccc3c4ccccc4c4ccccc4c23)[C@H]1O. The van der Waals surface area contributed by atoms with Gasteiger partial charge in [0.05, 0.1) is 0 Å². The number of hydrogen-bond donors (Lipinski definition) is 2. The Morgan fingerprint density at radius 2 is 1.24 bits per heavy atom. The van der Waals surface area contributed by atoms with Crippen molar-refractivity contribution in [3.8, 4) is 0 Å². The average Bonchev–Trinajstić information content (AvgIpc) is 3.46. The fourth-order valence-electron chi connectivity index (χ4n) is 4.58. The van der Waals surface area contributed by atoms with Gasteiger partial charge in [0, 0.05) is 0 Å². The summed E-state index contributed by atoms with van der Waals surface area (Å²) in [5.41, 5.74) is 1.83. The number of aliphatic hydroxyl groups is 2. The molecule has 0 radical (unpaired) electrons. The minimum Gasteiger partial charge on any atom is -0.387 e. The van der Waals surface area contributed by atoms with Gasteiger partial charge in [-0.05, 0) is 43.4 Å². The standard InChI is InChI=1S/C22H16O3/c23-19-16-10-9-15-13-7-2-1-5-11(13)12-6-3-4-8-14(12)17(15)18(16)21-22(25-21)20(19)24/h1-10,19-24H/t19-,20+,21+,22-/m1/s1. The molecule has 1 fully saturated rings. The van der Waals surface area contributed by atoms with Crippen molar-refractivity contribution in [1.82, 2.24) is 0 Å². The summed E-state index contributed by atoms with van der Waals surface area (Å²) in [4.78, 5) is 0. The second-order valence-corrected chi connectivity index (χ2v) is 7.04. The summed E-state index contributed by atoms with van der Waals surface area (Å²) in [5, 5.41) is 27.9. The molecule has 0 amide bonds. The van der Waals surface area contributed by atoms with Crippen LogP contribution in [0.1, 0.15) is 23.3 Å². The fourth-order valence-corrected chi connectivity index (χ4v) is 4.58. The summed E-state index contributed by atoms with van der Waals surface area (Å²) in [7, 11) is 0. The molecule has 2 aliphatic rings. The molecule has 0 bridgehead atoms. The molecule has 4 aromatic carbocycles. The highest BCUT2D eigenvalue weighted by Crippen LogP contribution is 2.54. The van der Waals surface area contributed by atoms with E-state index < -0.39 is 12.2 Å². The van der Waals surface area contributed by atoms with Crippen LogP contribution in [0.25, 0.3) is 32.3 Å². The van der Waals surface area contributed by atoms with E-state index in [4.69, 9.17) is 4.74 Å². The molecule has 0 saturated carbocycles. The monoisotopic (exact) mass is 328 g/mol. The van der Waals surface area contributed by atoms with E-state index in [0.717, 1.165) is 16.5 Å². The first-order valence-electron chi connectivity index (χ1n) is 8.63. The minimum atomic E-state index is -0.895. The van der Waals surface area contributed by atoms with E-state index in [0.29, 0.717) is 0 Å². The number of aliphatic hydroxyl groups excluding tert-OH is 2. The van der Waals surface area contributed by atoms with Crippen LogP contribution in [0.3, 0.4) is 0 Å². The van der Waals surface area contributed by atoms with Crippen molar-refractivity contribution in [2.75, 3.05) is 0 Å². The Morgan fingerprint density at radius 3 is 1.92 bits per heavy atom. The Balaban J connectivity index is 1.88. The summed E-state index contributed by atoms with van der Waals surface area (Å²) in [5.74, 6) is 0. The highest BCUT2D eigenvalue weighted by atomic mass is 16.6. The van der Waals surface area contributed by atoms with Gasteiger partial charge in [0.15, 0.2) is 0 Å². The van der Waals surface area contributed by atoms with E-state index in [1.165, 1.54) is 26.9 Å². The molecule has 1 aliphatic carbocycles. The van der Waals surface area contributed by atoms with Crippen molar-refractivity contribution >= 4 is 32.3 Å². The van der Waals surface area contributed by atoms with Crippen molar-refractivity contribution in [2.24, 2.45) is 0 Å². The van der Waals surface area contributed by atoms with Crippen LogP contribution in [0.2, 0.25) is 0 Å². The van der Waals surface area contributed by atoms with E-state index in [-0.39, 0.29) is 12.2 Å². The quantitative estimate of drug-likeness (QED) is 0.379. The van der Waals surface area contributed by atoms with Crippen LogP contribution < -0.4 is 0 Å². The summed E-state index contributed by atoms with van der Waals surface area (Å²) < 4.78 is 5.75. The summed E-state index contributed by atoms with van der Waals surface area (Å²) in [6.45, 7) is 0. The third-order valence-corrected chi connectivity index (χ3v) is 5.77. The zero-order chi connectivity index (χ0) is 16.7. The van der Waals surface area contributed by atoms with Gasteiger partial charge in [-0.15, -0.1) is 0 Å². The van der Waals surface area contributed by atoms with Gasteiger partial charge in [-0.3, -0.25) is 0 Å². The number of benzene rings is 4. The molecule has 4 aromatic rings. The molecular weight excluding hydrogens is 312 g/mol. The number of fused-ring (bicyclic) bond motifs is 10. The Morgan fingerprint density at radius 1 is 0.680 bits per heavy atom. The molecule has 4 atom stereocenters. The van der Waals surface area contributed by atoms with E-state index in [1.54, 1.807) is 0 Å². The van der Waals surface area contributed by atoms with Crippen LogP contribution in [0.4, 0.5) is 0 Å². The van der Waals surface area contributed by atoms with Crippen LogP contribution in [0.5, 0.6) is 0 Å². The van der Waals surface area contributed by atoms with E-state index in [2.05, 4.69) is 54.6 Å². The molecule has 0 aromatic heterocycles. The number of hydrogen-bond acceptors (Lipinski definition) is 3. The molecule has 0 unspecified atom stereocenters. The zero-order valence-corrected chi connectivity index (χ0v) is 13.4. The zero-order valence-electron chi connectivity index (χ0n) is 13.4. The molecule has 25 heavy (non-hydrogen) atoms. The maximum absolute atomic E-state index is 10.5. The number of epoxide rings is 1. The van der Waals surface area contributed by atoms with Gasteiger partial charge >= 0.3 is 0 Å². The van der Waals surface area contributed by atoms with Gasteiger partial charge in [-0.25, -0.2) is 0 Å². The van der Waals surface area contributed by atoms with E-state index >= 15 is 0 Å². The lowest BCUT2D eigenvalue weighted by Crippen LogP contribution is -2.29. The lowest BCUT2D eigenvalue weighted by Gasteiger charge is -2.25. The van der Waals surface area contributed by atoms with Gasteiger partial charge in [0.2, 0.25) is 0 Å². The van der Waals surface area contributed by atoms with Gasteiger partial charge in [-0.2, -0.15) is 0 Å². The van der Waals surface area contributed by atoms with Crippen LogP contribution in [0, 0.1) is 0 Å². The topological polar surface area (TPSA) is 53.0 Å². The number of rotatable bonds is 0. The molecule has 1 heterocycles. The Bertz CT molecular complexity index is 1140. The largest absolute Gasteiger partial charge is 0.387 e. The summed E-state index contributed by atoms with van der Waals surface area (Å²) in [6.07, 6.45) is -2.16. The smallest absolute Gasteiger partial charge is 0.118 e. The van der Waals surface area contributed by atoms with E-state index in [9.17, 15) is 10.2 Å². The maximum atomic E-state index is 10.5. The second kappa shape index (κ2) is 4.58. The van der Waals surface area contributed by atoms with Crippen molar-refractivity contribution in [3.63, 3.8) is 0 Å². The Kier molecular flexibility index (Phi) is 2.53. The summed E-state index contributed by atoms with van der Waals surface area (Å²) >= 11 is 0. The Hall–Kier alpha value is -2.46. The molecular formula is C22H16O3. The van der Waals surface area contributed by atoms with Crippen molar-refractivity contribution < 1.29 is 14.9 Å². The van der Waals surface area contributed by atoms with Gasteiger partial charge in [-0.1, -0.05) is 60.7 Å². The fraction of sp³-hybridized carbons (Fsp3) is 0.182. The van der Waals surface area contributed by atoms with Gasteiger partial charge < -0.3 is 14.9 Å². The number of ether oxygens (including phenoxy) is 1. The predicted octanol–water partition coefficient (Wildman–Crippen LogP) is 3.99. The lowest BCUT2D eigenvalue weighted by molar-refractivity contribution is 0.000110. The minimum absolute atomic E-state index is 0.123. The van der Waals surface area contributed by atoms with Crippen molar-refractivity contribution in [1.29, 1.82) is 0 Å². The molecule has 3 nitrogen and oxygen atoms in total. The second-order valence-electron chi connectivity index (χ2n) is 7.04. The lowest BCUT2D eigenvalue weighted by atomic mass is 9.81. The Labute approximate surface area is 144 Å². The highest BCUT2D eigenvalue weighted by Gasteiger charge is 2.54. The summed E-state index contributed by atoms with van der Waals surface area (Å²) in [6, 6.07) is 20.9. The van der Waals surface area contributed by atoms with Crippen LogP contribution in [0.15, 0.2) is 60.7 Å². The molecule has 1 saturated heterocycles. The van der Waals surface area contributed by atoms with Crippen LogP contribution in [-0.4, -0.2) is 22.4 Å². The molecule has 1 aliphatic heterocycles. The molecule has 3 heteroatoms. The maximum Gasteiger partial charge on any atom is 0.118 e. The third kappa shape index (κ3) is 1.65. The molecule has 0 spiro atoms. The highest BCUT2D eigenvalue weighted by molar-refractivity contribution is 6.26. The van der Waals surface area contributed by atoms with Gasteiger partial charge in [0.1, 0.15) is 24.4 Å². The van der Waals surface area contributed by atoms with Crippen LogP contribution >= 0.6 is 0 Å². The molecule has 2 N–H and O–H groups in total. The molecule has 122 valence electrons. The van der Waals surface area contributed by atoms with Gasteiger partial charge in [0.25, 0.3) is 0 Å². The first-order valence-corrected chi connectivity index (χ1v) is 8.63. The average molecular weight is 328 g/mol. The van der Waals surface area contributed by atoms with Crippen molar-refractivity contribution in [2.45, 2.75) is 24.4 Å². The first-order chi connectivity index (χ1) is 12.3. The third-order valence-electron chi connectivity index (χ3n) is 5.77. The van der Waals surface area contributed by atoms with Crippen molar-refractivity contribution in [3.05, 3.63) is 71.8 Å². The molecule has 6 rings (SSSR count).